The summed E-state index contributed by atoms with van der Waals surface area (Å²) in [7, 11) is 1.89. The maximum absolute atomic E-state index is 11.6. The van der Waals surface area contributed by atoms with E-state index in [1.54, 1.807) is 0 Å². The average molecular weight is 247 g/mol. The molecule has 0 saturated heterocycles. The third-order valence-electron chi connectivity index (χ3n) is 4.10. The third-order valence-corrected chi connectivity index (χ3v) is 4.10. The van der Waals surface area contributed by atoms with Crippen molar-refractivity contribution >= 4 is 11.7 Å². The molecule has 2 rings (SSSR count). The fourth-order valence-electron chi connectivity index (χ4n) is 2.65. The molecule has 1 aromatic rings. The lowest BCUT2D eigenvalue weighted by molar-refractivity contribution is -0.143. The fraction of sp³-hybridized carbons (Fsp3) is 0.533. The summed E-state index contributed by atoms with van der Waals surface area (Å²) in [5, 5.41) is 9.57. The zero-order chi connectivity index (χ0) is 13.5. The van der Waals surface area contributed by atoms with Crippen molar-refractivity contribution in [2.75, 3.05) is 11.9 Å². The van der Waals surface area contributed by atoms with Crippen LogP contribution in [0.4, 0.5) is 5.69 Å². The second-order valence-corrected chi connectivity index (χ2v) is 5.63. The molecule has 0 aliphatic heterocycles. The number of anilines is 1. The summed E-state index contributed by atoms with van der Waals surface area (Å²) in [5.41, 5.74) is 2.53. The summed E-state index contributed by atoms with van der Waals surface area (Å²) in [6.45, 7) is 5.92. The number of nitrogens with zero attached hydrogens (tertiary/aromatic N) is 1. The molecule has 18 heavy (non-hydrogen) atoms. The van der Waals surface area contributed by atoms with Crippen molar-refractivity contribution in [3.05, 3.63) is 29.3 Å². The first kappa shape index (κ1) is 12.9. The Morgan fingerprint density at radius 2 is 1.78 bits per heavy atom. The van der Waals surface area contributed by atoms with E-state index < -0.39 is 11.5 Å². The molecule has 1 aromatic carbocycles. The van der Waals surface area contributed by atoms with E-state index in [2.05, 4.69) is 18.2 Å². The number of likely N-dealkylation sites (N-methyl/N-ethyl adjacent to an activating group) is 1. The standard InChI is InChI=1S/C15H21NO2/c1-10-7-11(2)9-13(8-10)16(4)15(3,14(17)18)12-5-6-12/h7-9,12H,5-6H2,1-4H3,(H,17,18). The van der Waals surface area contributed by atoms with Gasteiger partial charge in [-0.15, -0.1) is 0 Å². The van der Waals surface area contributed by atoms with Gasteiger partial charge in [0.15, 0.2) is 0 Å². The Bertz CT molecular complexity index is 459. The van der Waals surface area contributed by atoms with Gasteiger partial charge in [-0.1, -0.05) is 6.07 Å². The van der Waals surface area contributed by atoms with Crippen molar-refractivity contribution < 1.29 is 9.90 Å². The number of carbonyl (C=O) groups is 1. The number of carboxylic acids is 1. The highest BCUT2D eigenvalue weighted by molar-refractivity contribution is 5.84. The van der Waals surface area contributed by atoms with Gasteiger partial charge in [0.05, 0.1) is 0 Å². The van der Waals surface area contributed by atoms with E-state index in [-0.39, 0.29) is 5.92 Å². The smallest absolute Gasteiger partial charge is 0.329 e. The van der Waals surface area contributed by atoms with Crippen LogP contribution in [0.5, 0.6) is 0 Å². The molecule has 1 unspecified atom stereocenters. The van der Waals surface area contributed by atoms with E-state index in [1.165, 1.54) is 11.1 Å². The van der Waals surface area contributed by atoms with Crippen LogP contribution in [0.3, 0.4) is 0 Å². The number of hydrogen-bond acceptors (Lipinski definition) is 2. The number of aryl methyl sites for hydroxylation is 2. The van der Waals surface area contributed by atoms with Crippen LogP contribution in [0, 0.1) is 19.8 Å². The SMILES string of the molecule is Cc1cc(C)cc(N(C)C(C)(C(=O)O)C2CC2)c1. The summed E-state index contributed by atoms with van der Waals surface area (Å²) in [4.78, 5) is 13.6. The number of carboxylic acid groups (broad SMARTS) is 1. The quantitative estimate of drug-likeness (QED) is 0.889. The Morgan fingerprint density at radius 1 is 1.28 bits per heavy atom. The van der Waals surface area contributed by atoms with Gasteiger partial charge in [-0.05, 0) is 62.8 Å². The molecule has 1 fully saturated rings. The van der Waals surface area contributed by atoms with Crippen molar-refractivity contribution in [2.45, 2.75) is 39.2 Å². The molecule has 1 N–H and O–H groups in total. The second kappa shape index (κ2) is 4.30. The van der Waals surface area contributed by atoms with Crippen LogP contribution in [0.2, 0.25) is 0 Å². The summed E-state index contributed by atoms with van der Waals surface area (Å²) in [6, 6.07) is 6.21. The highest BCUT2D eigenvalue weighted by Gasteiger charge is 2.50. The lowest BCUT2D eigenvalue weighted by Crippen LogP contribution is -2.52. The van der Waals surface area contributed by atoms with Gasteiger partial charge in [0.1, 0.15) is 5.54 Å². The van der Waals surface area contributed by atoms with E-state index in [0.29, 0.717) is 0 Å². The lowest BCUT2D eigenvalue weighted by Gasteiger charge is -2.37. The van der Waals surface area contributed by atoms with Gasteiger partial charge in [-0.2, -0.15) is 0 Å². The minimum absolute atomic E-state index is 0.265. The Kier molecular flexibility index (Phi) is 3.09. The summed E-state index contributed by atoms with van der Waals surface area (Å²) < 4.78 is 0. The van der Waals surface area contributed by atoms with Crippen LogP contribution >= 0.6 is 0 Å². The molecular formula is C15H21NO2. The normalized spacial score (nSPS) is 18.2. The number of aliphatic carboxylic acids is 1. The number of rotatable bonds is 4. The minimum atomic E-state index is -0.791. The van der Waals surface area contributed by atoms with Crippen molar-refractivity contribution in [3.8, 4) is 0 Å². The summed E-state index contributed by atoms with van der Waals surface area (Å²) >= 11 is 0. The molecule has 98 valence electrons. The van der Waals surface area contributed by atoms with Gasteiger partial charge in [-0.25, -0.2) is 4.79 Å². The topological polar surface area (TPSA) is 40.5 Å². The van der Waals surface area contributed by atoms with Gasteiger partial charge in [-0.3, -0.25) is 0 Å². The summed E-state index contributed by atoms with van der Waals surface area (Å²) in [6.07, 6.45) is 2.02. The molecule has 0 bridgehead atoms. The monoisotopic (exact) mass is 247 g/mol. The molecule has 3 nitrogen and oxygen atoms in total. The Hall–Kier alpha value is -1.51. The zero-order valence-electron chi connectivity index (χ0n) is 11.5. The first-order chi connectivity index (χ1) is 8.35. The van der Waals surface area contributed by atoms with Gasteiger partial charge < -0.3 is 10.0 Å². The van der Waals surface area contributed by atoms with Gasteiger partial charge >= 0.3 is 5.97 Å². The molecule has 0 spiro atoms. The van der Waals surface area contributed by atoms with Crippen LogP contribution in [0.15, 0.2) is 18.2 Å². The van der Waals surface area contributed by atoms with Crippen LogP contribution < -0.4 is 4.90 Å². The van der Waals surface area contributed by atoms with Crippen molar-refractivity contribution in [1.29, 1.82) is 0 Å². The molecule has 1 aliphatic rings. The van der Waals surface area contributed by atoms with Crippen molar-refractivity contribution in [1.82, 2.24) is 0 Å². The Morgan fingerprint density at radius 3 is 2.17 bits per heavy atom. The Balaban J connectivity index is 2.39. The van der Waals surface area contributed by atoms with Crippen LogP contribution in [0.1, 0.15) is 30.9 Å². The molecular weight excluding hydrogens is 226 g/mol. The molecule has 0 radical (unpaired) electrons. The molecule has 1 saturated carbocycles. The Labute approximate surface area is 108 Å². The van der Waals surface area contributed by atoms with Gasteiger partial charge in [0, 0.05) is 12.7 Å². The lowest BCUT2D eigenvalue weighted by atomic mass is 9.93. The van der Waals surface area contributed by atoms with E-state index >= 15 is 0 Å². The fourth-order valence-corrected chi connectivity index (χ4v) is 2.65. The molecule has 0 aromatic heterocycles. The number of benzene rings is 1. The van der Waals surface area contributed by atoms with Gasteiger partial charge in [0.25, 0.3) is 0 Å². The van der Waals surface area contributed by atoms with E-state index in [0.717, 1.165) is 18.5 Å². The van der Waals surface area contributed by atoms with Crippen molar-refractivity contribution in [3.63, 3.8) is 0 Å². The largest absolute Gasteiger partial charge is 0.479 e. The average Bonchev–Trinajstić information content (AvgIpc) is 3.09. The molecule has 0 amide bonds. The van der Waals surface area contributed by atoms with Crippen LogP contribution in [0.25, 0.3) is 0 Å². The first-order valence-corrected chi connectivity index (χ1v) is 6.41. The van der Waals surface area contributed by atoms with Gasteiger partial charge in [0.2, 0.25) is 0 Å². The maximum Gasteiger partial charge on any atom is 0.329 e. The highest BCUT2D eigenvalue weighted by Crippen LogP contribution is 2.44. The molecule has 1 atom stereocenters. The number of hydrogen-bond donors (Lipinski definition) is 1. The van der Waals surface area contributed by atoms with E-state index in [4.69, 9.17) is 0 Å². The zero-order valence-corrected chi connectivity index (χ0v) is 11.5. The predicted molar refractivity (Wildman–Crippen MR) is 73.1 cm³/mol. The predicted octanol–water partition coefficient (Wildman–Crippen LogP) is 2.99. The van der Waals surface area contributed by atoms with Crippen LogP contribution in [-0.4, -0.2) is 23.7 Å². The molecule has 0 heterocycles. The highest BCUT2D eigenvalue weighted by atomic mass is 16.4. The minimum Gasteiger partial charge on any atom is -0.479 e. The second-order valence-electron chi connectivity index (χ2n) is 5.63. The maximum atomic E-state index is 11.6. The van der Waals surface area contributed by atoms with Crippen LogP contribution in [-0.2, 0) is 4.79 Å². The summed E-state index contributed by atoms with van der Waals surface area (Å²) in [5.74, 6) is -0.465. The van der Waals surface area contributed by atoms with E-state index in [1.807, 2.05) is 32.7 Å². The molecule has 1 aliphatic carbocycles. The van der Waals surface area contributed by atoms with E-state index in [9.17, 15) is 9.90 Å². The third kappa shape index (κ3) is 2.09. The molecule has 3 heteroatoms. The van der Waals surface area contributed by atoms with Crippen molar-refractivity contribution in [2.24, 2.45) is 5.92 Å². The first-order valence-electron chi connectivity index (χ1n) is 6.41.